The zero-order chi connectivity index (χ0) is 45.5. The van der Waals surface area contributed by atoms with Crippen LogP contribution in [0.2, 0.25) is 0 Å². The maximum atomic E-state index is 10.9. The van der Waals surface area contributed by atoms with E-state index >= 15 is 0 Å². The Kier molecular flexibility index (Phi) is 39.6. The number of nitrogens with one attached hydrogen (secondary N) is 2. The van der Waals surface area contributed by atoms with Crippen LogP contribution < -0.4 is 22.1 Å². The molecule has 0 bridgehead atoms. The van der Waals surface area contributed by atoms with Gasteiger partial charge in [0.25, 0.3) is 0 Å². The van der Waals surface area contributed by atoms with E-state index in [1.807, 2.05) is 13.8 Å². The number of hydrogen-bond donors (Lipinski definition) is 8. The molecule has 0 spiro atoms. The molecule has 10 heteroatoms. The monoisotopic (exact) mass is 879 g/mol. The van der Waals surface area contributed by atoms with E-state index in [0.717, 1.165) is 90.6 Å². The Morgan fingerprint density at radius 3 is 1.06 bits per heavy atom. The van der Waals surface area contributed by atoms with E-state index in [9.17, 15) is 20.4 Å². The fraction of sp³-hybridized carbons (Fsp3) is 0.923. The maximum Gasteiger partial charge on any atom is 0.0863 e. The van der Waals surface area contributed by atoms with Crippen LogP contribution in [0.4, 0.5) is 0 Å². The topological polar surface area (TPSA) is 164 Å². The quantitative estimate of drug-likeness (QED) is 0.0219. The summed E-state index contributed by atoms with van der Waals surface area (Å²) >= 11 is 0. The zero-order valence-electron chi connectivity index (χ0n) is 41.2. The number of rotatable bonds is 44. The summed E-state index contributed by atoms with van der Waals surface area (Å²) in [6.07, 6.45) is 40.9. The third kappa shape index (κ3) is 31.9. The van der Waals surface area contributed by atoms with Gasteiger partial charge in [-0.05, 0) is 116 Å². The molecule has 1 heterocycles. The van der Waals surface area contributed by atoms with Crippen molar-refractivity contribution >= 4 is 0 Å². The second-order valence-corrected chi connectivity index (χ2v) is 19.2. The molecule has 10 nitrogen and oxygen atoms in total. The molecule has 0 radical (unpaired) electrons. The molecular weight excluding hydrogens is 773 g/mol. The van der Waals surface area contributed by atoms with Crippen molar-refractivity contribution in [3.63, 3.8) is 0 Å². The minimum absolute atomic E-state index is 0.144. The minimum atomic E-state index is -0.526. The minimum Gasteiger partial charge on any atom is -0.392 e. The lowest BCUT2D eigenvalue weighted by Gasteiger charge is -2.44. The molecule has 368 valence electrons. The van der Waals surface area contributed by atoms with Crippen LogP contribution in [0.5, 0.6) is 0 Å². The molecule has 0 aromatic rings. The van der Waals surface area contributed by atoms with Crippen molar-refractivity contribution in [2.75, 3.05) is 52.4 Å². The van der Waals surface area contributed by atoms with Crippen molar-refractivity contribution in [1.29, 1.82) is 0 Å². The van der Waals surface area contributed by atoms with Gasteiger partial charge in [-0.1, -0.05) is 141 Å². The van der Waals surface area contributed by atoms with E-state index in [1.54, 1.807) is 0 Å². The Morgan fingerprint density at radius 2 is 0.758 bits per heavy atom. The lowest BCUT2D eigenvalue weighted by atomic mass is 9.91. The van der Waals surface area contributed by atoms with E-state index in [2.05, 4.69) is 58.6 Å². The van der Waals surface area contributed by atoms with Gasteiger partial charge in [0, 0.05) is 39.3 Å². The second-order valence-electron chi connectivity index (χ2n) is 19.2. The molecule has 8 atom stereocenters. The van der Waals surface area contributed by atoms with Crippen LogP contribution in [0.1, 0.15) is 207 Å². The number of piperazine rings is 1. The van der Waals surface area contributed by atoms with Crippen LogP contribution in [0.15, 0.2) is 24.3 Å². The molecule has 1 rings (SSSR count). The highest BCUT2D eigenvalue weighted by molar-refractivity contribution is 4.86. The Labute approximate surface area is 383 Å². The lowest BCUT2D eigenvalue weighted by Crippen LogP contribution is -2.63. The third-order valence-corrected chi connectivity index (χ3v) is 13.4. The summed E-state index contributed by atoms with van der Waals surface area (Å²) in [5.74, 6) is 0.803. The number of allylic oxidation sites excluding steroid dienone is 4. The molecular formula is C52H106N6O4. The van der Waals surface area contributed by atoms with Crippen molar-refractivity contribution in [2.24, 2.45) is 23.3 Å². The highest BCUT2D eigenvalue weighted by Crippen LogP contribution is 2.22. The summed E-state index contributed by atoms with van der Waals surface area (Å²) in [4.78, 5) is 4.69. The number of aliphatic hydroxyl groups excluding tert-OH is 4. The standard InChI is InChI=1S/C52H106N6O4/c1-5-7-9-11-13-15-17-19-21-23-25-27-29-31-47(41-49(61)43-53)33-35-55-51(45(3)59)57-37-39-58(40-38-57)52(46(4)60)56-36-34-48(42-50(62)44-54)32-30-28-26-24-22-20-18-16-14-12-10-8-6-2/h19-22,45-52,55-56,59-62H,5-18,23-44,53-54H2,1-4H3. The van der Waals surface area contributed by atoms with E-state index in [1.165, 1.54) is 128 Å². The van der Waals surface area contributed by atoms with E-state index in [4.69, 9.17) is 11.5 Å². The summed E-state index contributed by atoms with van der Waals surface area (Å²) in [6.45, 7) is 13.7. The molecule has 0 aromatic heterocycles. The van der Waals surface area contributed by atoms with Crippen LogP contribution >= 0.6 is 0 Å². The summed E-state index contributed by atoms with van der Waals surface area (Å²) < 4.78 is 0. The predicted molar refractivity (Wildman–Crippen MR) is 266 cm³/mol. The number of hydrogen-bond acceptors (Lipinski definition) is 10. The third-order valence-electron chi connectivity index (χ3n) is 13.4. The van der Waals surface area contributed by atoms with Gasteiger partial charge in [-0.25, -0.2) is 0 Å². The van der Waals surface area contributed by atoms with Gasteiger partial charge in [0.05, 0.1) is 36.7 Å². The molecule has 1 aliphatic rings. The van der Waals surface area contributed by atoms with Crippen molar-refractivity contribution in [2.45, 2.75) is 244 Å². The fourth-order valence-electron chi connectivity index (χ4n) is 9.40. The first-order valence-electron chi connectivity index (χ1n) is 26.5. The van der Waals surface area contributed by atoms with Crippen LogP contribution in [0.25, 0.3) is 0 Å². The first-order valence-corrected chi connectivity index (χ1v) is 26.5. The number of nitrogens with zero attached hydrogens (tertiary/aromatic N) is 2. The SMILES string of the molecule is CCCCCCCCC=CCCCCCC(CCNC(C(C)O)N1CCN(C(NCCC(CCCCCC=CCCCCCCCC)CC(O)CN)C(C)O)CC1)CC(O)CN. The number of nitrogens with two attached hydrogens (primary N) is 2. The summed E-state index contributed by atoms with van der Waals surface area (Å²) in [5, 5.41) is 49.9. The van der Waals surface area contributed by atoms with Crippen LogP contribution in [0, 0.1) is 11.8 Å². The van der Waals surface area contributed by atoms with Gasteiger partial charge in [0.1, 0.15) is 0 Å². The van der Waals surface area contributed by atoms with E-state index in [-0.39, 0.29) is 12.3 Å². The van der Waals surface area contributed by atoms with Crippen LogP contribution in [0.3, 0.4) is 0 Å². The molecule has 0 aliphatic carbocycles. The van der Waals surface area contributed by atoms with Gasteiger partial charge in [-0.15, -0.1) is 0 Å². The molecule has 1 aliphatic heterocycles. The average Bonchev–Trinajstić information content (AvgIpc) is 3.26. The van der Waals surface area contributed by atoms with Gasteiger partial charge >= 0.3 is 0 Å². The molecule has 1 fully saturated rings. The van der Waals surface area contributed by atoms with Gasteiger partial charge in [-0.3, -0.25) is 20.4 Å². The summed E-state index contributed by atoms with van der Waals surface area (Å²) in [5.41, 5.74) is 11.6. The fourth-order valence-corrected chi connectivity index (χ4v) is 9.40. The van der Waals surface area contributed by atoms with Crippen LogP contribution in [-0.4, -0.2) is 119 Å². The lowest BCUT2D eigenvalue weighted by molar-refractivity contribution is -0.0262. The largest absolute Gasteiger partial charge is 0.392 e. The van der Waals surface area contributed by atoms with Crippen molar-refractivity contribution < 1.29 is 20.4 Å². The second kappa shape index (κ2) is 41.5. The van der Waals surface area contributed by atoms with Gasteiger partial charge in [-0.2, -0.15) is 0 Å². The van der Waals surface area contributed by atoms with Crippen molar-refractivity contribution in [1.82, 2.24) is 20.4 Å². The van der Waals surface area contributed by atoms with Gasteiger partial charge in [0.2, 0.25) is 0 Å². The van der Waals surface area contributed by atoms with Crippen molar-refractivity contribution in [3.05, 3.63) is 24.3 Å². The molecule has 0 amide bonds. The molecule has 0 saturated carbocycles. The van der Waals surface area contributed by atoms with E-state index in [0.29, 0.717) is 24.9 Å². The molecule has 10 N–H and O–H groups in total. The first kappa shape index (κ1) is 59.1. The summed E-state index contributed by atoms with van der Waals surface area (Å²) in [7, 11) is 0. The van der Waals surface area contributed by atoms with Crippen LogP contribution in [-0.2, 0) is 0 Å². The molecule has 8 unspecified atom stereocenters. The summed E-state index contributed by atoms with van der Waals surface area (Å²) in [6, 6.07) is 0. The predicted octanol–water partition coefficient (Wildman–Crippen LogP) is 9.14. The highest BCUT2D eigenvalue weighted by Gasteiger charge is 2.31. The Balaban J connectivity index is 2.49. The smallest absolute Gasteiger partial charge is 0.0863 e. The Bertz CT molecular complexity index is 932. The number of unbranched alkanes of at least 4 members (excludes halogenated alkanes) is 18. The first-order chi connectivity index (χ1) is 30.2. The maximum absolute atomic E-state index is 10.9. The van der Waals surface area contributed by atoms with Crippen molar-refractivity contribution in [3.8, 4) is 0 Å². The molecule has 1 saturated heterocycles. The van der Waals surface area contributed by atoms with Gasteiger partial charge in [0.15, 0.2) is 0 Å². The normalized spacial score (nSPS) is 18.4. The number of aliphatic hydroxyl groups is 4. The Hall–Kier alpha value is -0.920. The highest BCUT2D eigenvalue weighted by atomic mass is 16.3. The Morgan fingerprint density at radius 1 is 0.452 bits per heavy atom. The van der Waals surface area contributed by atoms with Gasteiger partial charge < -0.3 is 31.9 Å². The van der Waals surface area contributed by atoms with E-state index < -0.39 is 24.4 Å². The average molecular weight is 879 g/mol. The molecule has 0 aromatic carbocycles. The molecule has 62 heavy (non-hydrogen) atoms. The zero-order valence-corrected chi connectivity index (χ0v) is 41.2.